The van der Waals surface area contributed by atoms with Crippen LogP contribution in [0.2, 0.25) is 0 Å². The van der Waals surface area contributed by atoms with E-state index in [1.165, 1.54) is 21.8 Å². The lowest BCUT2D eigenvalue weighted by Gasteiger charge is -2.06. The first-order chi connectivity index (χ1) is 13.3. The van der Waals surface area contributed by atoms with Crippen LogP contribution in [0.4, 0.5) is 5.69 Å². The molecule has 1 heterocycles. The van der Waals surface area contributed by atoms with Gasteiger partial charge in [0.15, 0.2) is 5.11 Å². The molecule has 5 heteroatoms. The number of nitrogens with one attached hydrogen (secondary N) is 2. The smallest absolute Gasteiger partial charge is 0.191 e. The maximum absolute atomic E-state index is 5.27. The quantitative estimate of drug-likeness (QED) is 0.296. The zero-order chi connectivity index (χ0) is 18.6. The molecule has 2 N–H and O–H groups in total. The molecule has 134 valence electrons. The monoisotopic (exact) mass is 372 g/mol. The van der Waals surface area contributed by atoms with Crippen LogP contribution in [0.25, 0.3) is 21.8 Å². The number of thiocarbonyl (C=S) groups is 1. The standard InChI is InChI=1S/C22H20N4S/c1-2-26-20-11-7-6-10-18(20)19-14-16(12-13-21(19)26)15-23-25-22(27)24-17-8-4-3-5-9-17/h3-15H,2H2,1H3,(H2,24,25,27). The van der Waals surface area contributed by atoms with Gasteiger partial charge in [-0.2, -0.15) is 5.10 Å². The van der Waals surface area contributed by atoms with E-state index in [2.05, 4.69) is 69.8 Å². The summed E-state index contributed by atoms with van der Waals surface area (Å²) in [7, 11) is 0. The topological polar surface area (TPSA) is 41.4 Å². The highest BCUT2D eigenvalue weighted by atomic mass is 32.1. The molecule has 4 nitrogen and oxygen atoms in total. The van der Waals surface area contributed by atoms with E-state index < -0.39 is 0 Å². The maximum atomic E-state index is 5.27. The van der Waals surface area contributed by atoms with Gasteiger partial charge in [0.1, 0.15) is 0 Å². The van der Waals surface area contributed by atoms with Gasteiger partial charge in [-0.15, -0.1) is 0 Å². The van der Waals surface area contributed by atoms with Crippen LogP contribution < -0.4 is 10.7 Å². The Balaban J connectivity index is 1.55. The van der Waals surface area contributed by atoms with Crippen molar-refractivity contribution in [1.29, 1.82) is 0 Å². The Morgan fingerprint density at radius 2 is 1.70 bits per heavy atom. The molecule has 0 unspecified atom stereocenters. The van der Waals surface area contributed by atoms with Gasteiger partial charge in [-0.1, -0.05) is 42.5 Å². The van der Waals surface area contributed by atoms with Gasteiger partial charge >= 0.3 is 0 Å². The third-order valence-corrected chi connectivity index (χ3v) is 4.72. The number of hydrazone groups is 1. The highest BCUT2D eigenvalue weighted by molar-refractivity contribution is 7.80. The van der Waals surface area contributed by atoms with Gasteiger partial charge in [-0.25, -0.2) is 0 Å². The largest absolute Gasteiger partial charge is 0.341 e. The van der Waals surface area contributed by atoms with E-state index in [4.69, 9.17) is 12.2 Å². The number of aryl methyl sites for hydroxylation is 1. The average molecular weight is 372 g/mol. The zero-order valence-corrected chi connectivity index (χ0v) is 15.8. The normalized spacial score (nSPS) is 11.3. The molecule has 0 aliphatic rings. The molecule has 0 saturated carbocycles. The molecule has 0 aliphatic heterocycles. The van der Waals surface area contributed by atoms with E-state index >= 15 is 0 Å². The summed E-state index contributed by atoms with van der Waals surface area (Å²) < 4.78 is 2.34. The summed E-state index contributed by atoms with van der Waals surface area (Å²) in [6, 6.07) is 24.7. The lowest BCUT2D eigenvalue weighted by atomic mass is 10.1. The predicted octanol–water partition coefficient (Wildman–Crippen LogP) is 5.13. The molecule has 0 fully saturated rings. The van der Waals surface area contributed by atoms with Crippen molar-refractivity contribution in [2.45, 2.75) is 13.5 Å². The Hall–Kier alpha value is -3.18. The molecular formula is C22H20N4S. The number of anilines is 1. The van der Waals surface area contributed by atoms with E-state index in [1.54, 1.807) is 6.21 Å². The summed E-state index contributed by atoms with van der Waals surface area (Å²) >= 11 is 5.27. The molecule has 0 amide bonds. The predicted molar refractivity (Wildman–Crippen MR) is 119 cm³/mol. The first-order valence-corrected chi connectivity index (χ1v) is 9.33. The highest BCUT2D eigenvalue weighted by Crippen LogP contribution is 2.29. The number of nitrogens with zero attached hydrogens (tertiary/aromatic N) is 2. The zero-order valence-electron chi connectivity index (χ0n) is 15.0. The Labute approximate surface area is 163 Å². The van der Waals surface area contributed by atoms with Crippen LogP contribution >= 0.6 is 12.2 Å². The van der Waals surface area contributed by atoms with Crippen LogP contribution in [0.3, 0.4) is 0 Å². The molecule has 27 heavy (non-hydrogen) atoms. The van der Waals surface area contributed by atoms with Crippen LogP contribution in [-0.2, 0) is 6.54 Å². The van der Waals surface area contributed by atoms with E-state index in [0.717, 1.165) is 17.8 Å². The van der Waals surface area contributed by atoms with E-state index in [9.17, 15) is 0 Å². The number of aromatic nitrogens is 1. The second-order valence-corrected chi connectivity index (χ2v) is 6.64. The van der Waals surface area contributed by atoms with Crippen molar-refractivity contribution >= 4 is 51.0 Å². The van der Waals surface area contributed by atoms with Gasteiger partial charge in [-0.3, -0.25) is 5.43 Å². The molecule has 0 bridgehead atoms. The first kappa shape index (κ1) is 17.2. The number of hydrogen-bond donors (Lipinski definition) is 2. The molecular weight excluding hydrogens is 352 g/mol. The molecule has 0 atom stereocenters. The van der Waals surface area contributed by atoms with Crippen LogP contribution in [0, 0.1) is 0 Å². The summed E-state index contributed by atoms with van der Waals surface area (Å²) in [5.74, 6) is 0. The molecule has 0 aliphatic carbocycles. The number of fused-ring (bicyclic) bond motifs is 3. The number of rotatable bonds is 4. The highest BCUT2D eigenvalue weighted by Gasteiger charge is 2.09. The Bertz CT molecular complexity index is 1130. The van der Waals surface area contributed by atoms with Gasteiger partial charge < -0.3 is 9.88 Å². The van der Waals surface area contributed by atoms with Crippen molar-refractivity contribution in [2.75, 3.05) is 5.32 Å². The van der Waals surface area contributed by atoms with Crippen LogP contribution in [0.5, 0.6) is 0 Å². The molecule has 1 aromatic heterocycles. The third kappa shape index (κ3) is 3.55. The van der Waals surface area contributed by atoms with Crippen molar-refractivity contribution in [2.24, 2.45) is 5.10 Å². The Morgan fingerprint density at radius 1 is 0.963 bits per heavy atom. The van der Waals surface area contributed by atoms with Gasteiger partial charge in [0.05, 0.1) is 6.21 Å². The second-order valence-electron chi connectivity index (χ2n) is 6.23. The average Bonchev–Trinajstić information content (AvgIpc) is 3.02. The fourth-order valence-corrected chi connectivity index (χ4v) is 3.51. The van der Waals surface area contributed by atoms with Crippen molar-refractivity contribution < 1.29 is 0 Å². The van der Waals surface area contributed by atoms with Gasteiger partial charge in [0, 0.05) is 34.0 Å². The lowest BCUT2D eigenvalue weighted by Crippen LogP contribution is -2.23. The minimum Gasteiger partial charge on any atom is -0.341 e. The van der Waals surface area contributed by atoms with Crippen molar-refractivity contribution in [3.05, 3.63) is 78.4 Å². The van der Waals surface area contributed by atoms with E-state index in [-0.39, 0.29) is 0 Å². The molecule has 0 spiro atoms. The van der Waals surface area contributed by atoms with Crippen molar-refractivity contribution in [3.8, 4) is 0 Å². The summed E-state index contributed by atoms with van der Waals surface area (Å²) in [6.07, 6.45) is 1.79. The summed E-state index contributed by atoms with van der Waals surface area (Å²) in [5.41, 5.74) is 7.32. The molecule has 4 aromatic rings. The third-order valence-electron chi connectivity index (χ3n) is 4.52. The van der Waals surface area contributed by atoms with Gasteiger partial charge in [0.2, 0.25) is 0 Å². The summed E-state index contributed by atoms with van der Waals surface area (Å²) in [6.45, 7) is 3.12. The van der Waals surface area contributed by atoms with E-state index in [1.807, 2.05) is 30.3 Å². The molecule has 0 radical (unpaired) electrons. The maximum Gasteiger partial charge on any atom is 0.191 e. The number of benzene rings is 3. The minimum absolute atomic E-state index is 0.459. The van der Waals surface area contributed by atoms with Gasteiger partial charge in [-0.05, 0) is 55.0 Å². The summed E-state index contributed by atoms with van der Waals surface area (Å²) in [4.78, 5) is 0. The minimum atomic E-state index is 0.459. The molecule has 0 saturated heterocycles. The number of para-hydroxylation sites is 2. The SMILES string of the molecule is CCn1c2ccccc2c2cc(C=NNC(=S)Nc3ccccc3)ccc21. The second kappa shape index (κ2) is 7.60. The number of hydrogen-bond acceptors (Lipinski definition) is 2. The lowest BCUT2D eigenvalue weighted by molar-refractivity contribution is 0.827. The van der Waals surface area contributed by atoms with E-state index in [0.29, 0.717) is 5.11 Å². The van der Waals surface area contributed by atoms with Crippen LogP contribution in [0.15, 0.2) is 77.9 Å². The van der Waals surface area contributed by atoms with Crippen LogP contribution in [0.1, 0.15) is 12.5 Å². The molecule has 4 rings (SSSR count). The summed E-state index contributed by atoms with van der Waals surface area (Å²) in [5, 5.41) is 10.3. The first-order valence-electron chi connectivity index (χ1n) is 8.92. The van der Waals surface area contributed by atoms with Crippen molar-refractivity contribution in [3.63, 3.8) is 0 Å². The van der Waals surface area contributed by atoms with Crippen molar-refractivity contribution in [1.82, 2.24) is 9.99 Å². The molecule has 3 aromatic carbocycles. The Morgan fingerprint density at radius 3 is 2.52 bits per heavy atom. The van der Waals surface area contributed by atoms with Gasteiger partial charge in [0.25, 0.3) is 0 Å². The fraction of sp³-hybridized carbons (Fsp3) is 0.0909. The Kier molecular flexibility index (Phi) is 4.85. The van der Waals surface area contributed by atoms with Crippen LogP contribution in [-0.4, -0.2) is 15.9 Å². The fourth-order valence-electron chi connectivity index (χ4n) is 3.34.